The first-order chi connectivity index (χ1) is 9.34. The van der Waals surface area contributed by atoms with Crippen LogP contribution in [0.5, 0.6) is 0 Å². The van der Waals surface area contributed by atoms with Crippen molar-refractivity contribution in [2.24, 2.45) is 5.92 Å². The van der Waals surface area contributed by atoms with Crippen LogP contribution in [0.4, 0.5) is 5.69 Å². The van der Waals surface area contributed by atoms with Crippen molar-refractivity contribution in [3.8, 4) is 0 Å². The van der Waals surface area contributed by atoms with Crippen LogP contribution >= 0.6 is 0 Å². The molecule has 0 aliphatic carbocycles. The van der Waals surface area contributed by atoms with E-state index in [0.29, 0.717) is 23.0 Å². The van der Waals surface area contributed by atoms with Crippen molar-refractivity contribution in [2.45, 2.75) is 44.3 Å². The predicted octanol–water partition coefficient (Wildman–Crippen LogP) is 2.24. The minimum atomic E-state index is -1.43. The number of carbonyl (C=O) groups excluding carboxylic acids is 1. The average molecular weight is 296 g/mol. The second-order valence-electron chi connectivity index (χ2n) is 5.40. The summed E-state index contributed by atoms with van der Waals surface area (Å²) in [5.74, 6) is 0.341. The normalized spacial score (nSPS) is 14.1. The SMILES string of the molecule is Cc1cccc(S(=O)C(C)C(=O)NCCC(C)C)c1N. The molecular weight excluding hydrogens is 272 g/mol. The first kappa shape index (κ1) is 16.7. The molecule has 0 spiro atoms. The fourth-order valence-electron chi connectivity index (χ4n) is 1.74. The van der Waals surface area contributed by atoms with Gasteiger partial charge in [-0.3, -0.25) is 9.00 Å². The summed E-state index contributed by atoms with van der Waals surface area (Å²) in [6.45, 7) is 8.34. The highest BCUT2D eigenvalue weighted by Gasteiger charge is 2.23. The molecule has 0 fully saturated rings. The molecule has 0 aromatic heterocycles. The molecule has 1 amide bonds. The number of para-hydroxylation sites is 1. The van der Waals surface area contributed by atoms with Gasteiger partial charge in [-0.2, -0.15) is 0 Å². The van der Waals surface area contributed by atoms with Gasteiger partial charge in [0.2, 0.25) is 5.91 Å². The molecule has 2 unspecified atom stereocenters. The first-order valence-electron chi connectivity index (χ1n) is 6.88. The van der Waals surface area contributed by atoms with Crippen molar-refractivity contribution in [3.63, 3.8) is 0 Å². The van der Waals surface area contributed by atoms with E-state index in [2.05, 4.69) is 19.2 Å². The lowest BCUT2D eigenvalue weighted by Gasteiger charge is -2.15. The summed E-state index contributed by atoms with van der Waals surface area (Å²) in [5, 5.41) is 2.22. The van der Waals surface area contributed by atoms with E-state index in [0.717, 1.165) is 12.0 Å². The maximum atomic E-state index is 12.4. The second-order valence-corrected chi connectivity index (χ2v) is 7.14. The molecule has 4 nitrogen and oxygen atoms in total. The third-order valence-electron chi connectivity index (χ3n) is 3.21. The second kappa shape index (κ2) is 7.43. The number of nitrogen functional groups attached to an aromatic ring is 1. The largest absolute Gasteiger partial charge is 0.398 e. The van der Waals surface area contributed by atoms with E-state index in [9.17, 15) is 9.00 Å². The number of hydrogen-bond acceptors (Lipinski definition) is 3. The van der Waals surface area contributed by atoms with Gasteiger partial charge in [-0.05, 0) is 37.8 Å². The number of benzene rings is 1. The molecule has 0 saturated heterocycles. The van der Waals surface area contributed by atoms with Gasteiger partial charge in [0.05, 0.1) is 21.4 Å². The monoisotopic (exact) mass is 296 g/mol. The van der Waals surface area contributed by atoms with E-state index in [1.807, 2.05) is 19.1 Å². The minimum Gasteiger partial charge on any atom is -0.398 e. The molecule has 0 saturated carbocycles. The number of anilines is 1. The number of aryl methyl sites for hydroxylation is 1. The summed E-state index contributed by atoms with van der Waals surface area (Å²) in [6.07, 6.45) is 0.914. The molecule has 0 heterocycles. The summed E-state index contributed by atoms with van der Waals surface area (Å²) in [5.41, 5.74) is 7.32. The quantitative estimate of drug-likeness (QED) is 0.791. The average Bonchev–Trinajstić information content (AvgIpc) is 2.39. The number of rotatable bonds is 6. The van der Waals surface area contributed by atoms with Gasteiger partial charge in [-0.15, -0.1) is 0 Å². The Morgan fingerprint density at radius 3 is 2.60 bits per heavy atom. The molecule has 2 atom stereocenters. The Labute approximate surface area is 123 Å². The topological polar surface area (TPSA) is 72.2 Å². The van der Waals surface area contributed by atoms with Gasteiger partial charge in [0.1, 0.15) is 5.25 Å². The lowest BCUT2D eigenvalue weighted by atomic mass is 10.1. The van der Waals surface area contributed by atoms with Crippen LogP contribution in [0, 0.1) is 12.8 Å². The molecule has 0 aliphatic heterocycles. The molecule has 5 heteroatoms. The molecule has 0 bridgehead atoms. The summed E-state index contributed by atoms with van der Waals surface area (Å²) < 4.78 is 12.4. The van der Waals surface area contributed by atoms with Gasteiger partial charge in [0, 0.05) is 6.54 Å². The van der Waals surface area contributed by atoms with E-state index in [-0.39, 0.29) is 5.91 Å². The lowest BCUT2D eigenvalue weighted by Crippen LogP contribution is -2.36. The zero-order valence-corrected chi connectivity index (χ0v) is 13.4. The van der Waals surface area contributed by atoms with Crippen molar-refractivity contribution < 1.29 is 9.00 Å². The number of carbonyl (C=O) groups is 1. The van der Waals surface area contributed by atoms with Gasteiger partial charge < -0.3 is 11.1 Å². The molecule has 0 radical (unpaired) electrons. The first-order valence-corrected chi connectivity index (χ1v) is 8.09. The summed E-state index contributed by atoms with van der Waals surface area (Å²) in [4.78, 5) is 12.5. The highest BCUT2D eigenvalue weighted by atomic mass is 32.2. The third-order valence-corrected chi connectivity index (χ3v) is 4.86. The van der Waals surface area contributed by atoms with Crippen LogP contribution in [-0.4, -0.2) is 21.9 Å². The highest BCUT2D eigenvalue weighted by molar-refractivity contribution is 7.86. The Bertz CT molecular complexity index is 501. The van der Waals surface area contributed by atoms with Crippen molar-refractivity contribution in [3.05, 3.63) is 23.8 Å². The minimum absolute atomic E-state index is 0.190. The number of nitrogens with two attached hydrogens (primary N) is 1. The maximum Gasteiger partial charge on any atom is 0.235 e. The van der Waals surface area contributed by atoms with E-state index in [1.54, 1.807) is 13.0 Å². The molecular formula is C15H24N2O2S. The summed E-state index contributed by atoms with van der Waals surface area (Å²) in [7, 11) is -1.43. The van der Waals surface area contributed by atoms with E-state index >= 15 is 0 Å². The van der Waals surface area contributed by atoms with Gasteiger partial charge in [-0.25, -0.2) is 0 Å². The lowest BCUT2D eigenvalue weighted by molar-refractivity contribution is -0.120. The van der Waals surface area contributed by atoms with Crippen LogP contribution in [0.2, 0.25) is 0 Å². The maximum absolute atomic E-state index is 12.4. The predicted molar refractivity (Wildman–Crippen MR) is 83.9 cm³/mol. The Hall–Kier alpha value is -1.36. The molecule has 3 N–H and O–H groups in total. The van der Waals surface area contributed by atoms with Crippen LogP contribution in [-0.2, 0) is 15.6 Å². The molecule has 1 rings (SSSR count). The Kier molecular flexibility index (Phi) is 6.20. The van der Waals surface area contributed by atoms with E-state index in [4.69, 9.17) is 5.73 Å². The molecule has 1 aromatic rings. The fourth-order valence-corrected chi connectivity index (χ4v) is 2.99. The van der Waals surface area contributed by atoms with E-state index in [1.165, 1.54) is 0 Å². The molecule has 112 valence electrons. The van der Waals surface area contributed by atoms with Crippen LogP contribution < -0.4 is 11.1 Å². The summed E-state index contributed by atoms with van der Waals surface area (Å²) >= 11 is 0. The Morgan fingerprint density at radius 1 is 1.35 bits per heavy atom. The zero-order chi connectivity index (χ0) is 15.3. The molecule has 20 heavy (non-hydrogen) atoms. The third kappa shape index (κ3) is 4.34. The number of hydrogen-bond donors (Lipinski definition) is 2. The molecule has 1 aromatic carbocycles. The Morgan fingerprint density at radius 2 is 2.00 bits per heavy atom. The van der Waals surface area contributed by atoms with Gasteiger partial charge in [0.25, 0.3) is 0 Å². The highest BCUT2D eigenvalue weighted by Crippen LogP contribution is 2.22. The van der Waals surface area contributed by atoms with Crippen molar-refractivity contribution in [2.75, 3.05) is 12.3 Å². The standard InChI is InChI=1S/C15H24N2O2S/c1-10(2)8-9-17-15(18)12(4)20(19)13-7-5-6-11(3)14(13)16/h5-7,10,12H,8-9,16H2,1-4H3,(H,17,18). The van der Waals surface area contributed by atoms with Crippen LogP contribution in [0.25, 0.3) is 0 Å². The zero-order valence-electron chi connectivity index (χ0n) is 12.6. The van der Waals surface area contributed by atoms with Crippen molar-refractivity contribution in [1.29, 1.82) is 0 Å². The Balaban J connectivity index is 2.71. The van der Waals surface area contributed by atoms with Crippen molar-refractivity contribution >= 4 is 22.4 Å². The number of nitrogens with one attached hydrogen (secondary N) is 1. The smallest absolute Gasteiger partial charge is 0.235 e. The van der Waals surface area contributed by atoms with Crippen LogP contribution in [0.15, 0.2) is 23.1 Å². The van der Waals surface area contributed by atoms with Crippen LogP contribution in [0.3, 0.4) is 0 Å². The fraction of sp³-hybridized carbons (Fsp3) is 0.533. The molecule has 0 aliphatic rings. The van der Waals surface area contributed by atoms with Crippen LogP contribution in [0.1, 0.15) is 32.8 Å². The van der Waals surface area contributed by atoms with Gasteiger partial charge >= 0.3 is 0 Å². The van der Waals surface area contributed by atoms with Crippen molar-refractivity contribution in [1.82, 2.24) is 5.32 Å². The summed E-state index contributed by atoms with van der Waals surface area (Å²) in [6, 6.07) is 5.39. The van der Waals surface area contributed by atoms with E-state index < -0.39 is 16.0 Å². The number of amides is 1. The van der Waals surface area contributed by atoms with Gasteiger partial charge in [0.15, 0.2) is 0 Å². The van der Waals surface area contributed by atoms with Gasteiger partial charge in [-0.1, -0.05) is 26.0 Å².